The van der Waals surface area contributed by atoms with Crippen LogP contribution in [0, 0.1) is 0 Å². The quantitative estimate of drug-likeness (QED) is 0.451. The van der Waals surface area contributed by atoms with Gasteiger partial charge in [-0.25, -0.2) is 18.7 Å². The third kappa shape index (κ3) is 4.11. The Morgan fingerprint density at radius 2 is 2.05 bits per heavy atom. The predicted octanol–water partition coefficient (Wildman–Crippen LogP) is 3.20. The van der Waals surface area contributed by atoms with Crippen LogP contribution in [0.15, 0.2) is 6.07 Å². The van der Waals surface area contributed by atoms with Crippen molar-refractivity contribution in [2.75, 3.05) is 5.32 Å². The standard InChI is InChI=1S/C11H12ClF2IN4O/c12-10-17-7(9(20)19-15)5-8(18-10)16-6-1-3-11(13,14)4-2-6/h5-6H,1-4H2,(H,19,20)(H,16,17,18). The van der Waals surface area contributed by atoms with Crippen LogP contribution in [0.4, 0.5) is 14.6 Å². The number of hydrogen-bond acceptors (Lipinski definition) is 4. The lowest BCUT2D eigenvalue weighted by atomic mass is 9.92. The molecule has 1 amide bonds. The molecule has 2 rings (SSSR count). The molecule has 1 aliphatic rings. The van der Waals surface area contributed by atoms with E-state index in [1.54, 1.807) is 22.9 Å². The average molecular weight is 417 g/mol. The summed E-state index contributed by atoms with van der Waals surface area (Å²) in [5.74, 6) is -2.60. The maximum atomic E-state index is 13.1. The summed E-state index contributed by atoms with van der Waals surface area (Å²) in [4.78, 5) is 19.3. The van der Waals surface area contributed by atoms with Gasteiger partial charge >= 0.3 is 0 Å². The molecule has 2 N–H and O–H groups in total. The van der Waals surface area contributed by atoms with E-state index in [0.29, 0.717) is 18.7 Å². The SMILES string of the molecule is O=C(NI)c1cc(NC2CCC(F)(F)CC2)nc(Cl)n1. The molecule has 20 heavy (non-hydrogen) atoms. The van der Waals surface area contributed by atoms with E-state index in [2.05, 4.69) is 18.8 Å². The molecule has 0 atom stereocenters. The first-order chi connectivity index (χ1) is 9.39. The fourth-order valence-corrected chi connectivity index (χ4v) is 2.51. The third-order valence-electron chi connectivity index (χ3n) is 3.09. The summed E-state index contributed by atoms with van der Waals surface area (Å²) in [7, 11) is 0. The Bertz CT molecular complexity index is 507. The Hall–Kier alpha value is -0.770. The number of aromatic nitrogens is 2. The second kappa shape index (κ2) is 6.33. The predicted molar refractivity (Wildman–Crippen MR) is 79.4 cm³/mol. The summed E-state index contributed by atoms with van der Waals surface area (Å²) in [6.07, 6.45) is 0.403. The minimum Gasteiger partial charge on any atom is -0.367 e. The number of nitrogens with one attached hydrogen (secondary N) is 2. The second-order valence-corrected chi connectivity index (χ2v) is 5.48. The molecule has 5 nitrogen and oxygen atoms in total. The number of amides is 1. The molecule has 1 fully saturated rings. The van der Waals surface area contributed by atoms with Crippen molar-refractivity contribution in [3.63, 3.8) is 0 Å². The molecule has 0 spiro atoms. The van der Waals surface area contributed by atoms with Gasteiger partial charge in [-0.05, 0) is 24.4 Å². The molecule has 0 bridgehead atoms. The molecule has 1 heterocycles. The number of carbonyl (C=O) groups is 1. The van der Waals surface area contributed by atoms with Crippen LogP contribution in [-0.4, -0.2) is 27.8 Å². The summed E-state index contributed by atoms with van der Waals surface area (Å²) >= 11 is 7.44. The highest BCUT2D eigenvalue weighted by molar-refractivity contribution is 14.1. The smallest absolute Gasteiger partial charge is 0.278 e. The number of hydrogen-bond donors (Lipinski definition) is 2. The molecule has 1 aromatic rings. The van der Waals surface area contributed by atoms with E-state index in [1.807, 2.05) is 0 Å². The minimum atomic E-state index is -2.58. The first-order valence-electron chi connectivity index (χ1n) is 5.99. The van der Waals surface area contributed by atoms with E-state index in [4.69, 9.17) is 11.6 Å². The lowest BCUT2D eigenvalue weighted by molar-refractivity contribution is -0.0361. The van der Waals surface area contributed by atoms with Gasteiger partial charge in [0.05, 0.1) is 22.9 Å². The Morgan fingerprint density at radius 3 is 2.65 bits per heavy atom. The zero-order chi connectivity index (χ0) is 14.8. The van der Waals surface area contributed by atoms with Crippen molar-refractivity contribution in [3.05, 3.63) is 17.0 Å². The van der Waals surface area contributed by atoms with Gasteiger partial charge in [-0.2, -0.15) is 0 Å². The summed E-state index contributed by atoms with van der Waals surface area (Å²) in [5, 5.41) is 2.96. The average Bonchev–Trinajstić information content (AvgIpc) is 2.39. The number of rotatable bonds is 3. The third-order valence-corrected chi connectivity index (χ3v) is 3.75. The van der Waals surface area contributed by atoms with Crippen molar-refractivity contribution in [2.45, 2.75) is 37.6 Å². The van der Waals surface area contributed by atoms with E-state index in [-0.39, 0.29) is 29.9 Å². The fourth-order valence-electron chi connectivity index (χ4n) is 2.05. The number of anilines is 1. The molecule has 0 saturated heterocycles. The lowest BCUT2D eigenvalue weighted by Crippen LogP contribution is -2.32. The van der Waals surface area contributed by atoms with Crippen LogP contribution in [0.3, 0.4) is 0 Å². The lowest BCUT2D eigenvalue weighted by Gasteiger charge is -2.29. The number of nitrogens with zero attached hydrogens (tertiary/aromatic N) is 2. The Labute approximate surface area is 133 Å². The van der Waals surface area contributed by atoms with Crippen molar-refractivity contribution < 1.29 is 13.6 Å². The minimum absolute atomic E-state index is 0.0638. The van der Waals surface area contributed by atoms with E-state index in [9.17, 15) is 13.6 Å². The molecule has 1 saturated carbocycles. The highest BCUT2D eigenvalue weighted by atomic mass is 127. The maximum Gasteiger partial charge on any atom is 0.278 e. The van der Waals surface area contributed by atoms with E-state index in [0.717, 1.165) is 0 Å². The molecule has 110 valence electrons. The first-order valence-corrected chi connectivity index (χ1v) is 7.45. The van der Waals surface area contributed by atoms with Gasteiger partial charge in [0.25, 0.3) is 5.91 Å². The van der Waals surface area contributed by atoms with Gasteiger partial charge in [-0.15, -0.1) is 0 Å². The molecule has 0 aliphatic heterocycles. The molecule has 9 heteroatoms. The van der Waals surface area contributed by atoms with Gasteiger partial charge in [0.2, 0.25) is 11.2 Å². The van der Waals surface area contributed by atoms with Gasteiger partial charge in [0.1, 0.15) is 11.5 Å². The van der Waals surface area contributed by atoms with Crippen LogP contribution in [0.1, 0.15) is 36.2 Å². The Kier molecular flexibility index (Phi) is 4.95. The summed E-state index contributed by atoms with van der Waals surface area (Å²) in [6.45, 7) is 0. The monoisotopic (exact) mass is 416 g/mol. The van der Waals surface area contributed by atoms with E-state index >= 15 is 0 Å². The number of carbonyl (C=O) groups excluding carboxylic acids is 1. The Morgan fingerprint density at radius 1 is 1.40 bits per heavy atom. The second-order valence-electron chi connectivity index (χ2n) is 4.61. The molecule has 1 aromatic heterocycles. The first kappa shape index (κ1) is 15.6. The van der Waals surface area contributed by atoms with Crippen LogP contribution in [0.25, 0.3) is 0 Å². The molecule has 0 unspecified atom stereocenters. The van der Waals surface area contributed by atoms with Crippen LogP contribution in [0.2, 0.25) is 5.28 Å². The normalized spacial score (nSPS) is 18.6. The van der Waals surface area contributed by atoms with Crippen LogP contribution >= 0.6 is 34.5 Å². The van der Waals surface area contributed by atoms with Crippen molar-refractivity contribution in [1.82, 2.24) is 13.5 Å². The van der Waals surface area contributed by atoms with Crippen molar-refractivity contribution in [3.8, 4) is 0 Å². The largest absolute Gasteiger partial charge is 0.367 e. The number of halogens is 4. The van der Waals surface area contributed by atoms with E-state index in [1.165, 1.54) is 6.07 Å². The zero-order valence-electron chi connectivity index (χ0n) is 10.3. The van der Waals surface area contributed by atoms with Gasteiger partial charge in [0, 0.05) is 24.9 Å². The summed E-state index contributed by atoms with van der Waals surface area (Å²) in [5.41, 5.74) is 0.128. The highest BCUT2D eigenvalue weighted by Crippen LogP contribution is 2.34. The van der Waals surface area contributed by atoms with Gasteiger partial charge < -0.3 is 5.32 Å². The van der Waals surface area contributed by atoms with Gasteiger partial charge in [-0.3, -0.25) is 8.32 Å². The Balaban J connectivity index is 2.06. The molecular formula is C11H12ClF2IN4O. The molecule has 0 aromatic carbocycles. The van der Waals surface area contributed by atoms with Crippen molar-refractivity contribution in [1.29, 1.82) is 0 Å². The van der Waals surface area contributed by atoms with Gasteiger partial charge in [0.15, 0.2) is 0 Å². The van der Waals surface area contributed by atoms with Gasteiger partial charge in [-0.1, -0.05) is 0 Å². The van der Waals surface area contributed by atoms with Crippen LogP contribution in [0.5, 0.6) is 0 Å². The zero-order valence-corrected chi connectivity index (χ0v) is 13.2. The van der Waals surface area contributed by atoms with Crippen molar-refractivity contribution >= 4 is 46.2 Å². The van der Waals surface area contributed by atoms with Crippen molar-refractivity contribution in [2.24, 2.45) is 0 Å². The summed E-state index contributed by atoms with van der Waals surface area (Å²) in [6, 6.07) is 1.35. The number of alkyl halides is 2. The molecule has 1 aliphatic carbocycles. The van der Waals surface area contributed by atoms with Crippen LogP contribution < -0.4 is 8.85 Å². The molecular weight excluding hydrogens is 405 g/mol. The fraction of sp³-hybridized carbons (Fsp3) is 0.545. The van der Waals surface area contributed by atoms with E-state index < -0.39 is 11.8 Å². The highest BCUT2D eigenvalue weighted by Gasteiger charge is 2.35. The topological polar surface area (TPSA) is 66.9 Å². The summed E-state index contributed by atoms with van der Waals surface area (Å²) < 4.78 is 28.5. The van der Waals surface area contributed by atoms with Crippen LogP contribution in [-0.2, 0) is 0 Å². The molecule has 0 radical (unpaired) electrons. The maximum absolute atomic E-state index is 13.1.